The third-order valence-corrected chi connectivity index (χ3v) is 16.1. The summed E-state index contributed by atoms with van der Waals surface area (Å²) in [5, 5.41) is 40.9. The van der Waals surface area contributed by atoms with Crippen molar-refractivity contribution < 1.29 is 29.1 Å². The Kier molecular flexibility index (Phi) is 13.9. The molecule has 4 saturated heterocycles. The first-order chi connectivity index (χ1) is 33.5. The molecular formula is C51H65N11O6S. The minimum atomic E-state index is -0.815. The monoisotopic (exact) mass is 959 g/mol. The number of ether oxygens (including phenoxy) is 1. The van der Waals surface area contributed by atoms with Crippen LogP contribution < -0.4 is 20.3 Å². The van der Waals surface area contributed by atoms with Crippen molar-refractivity contribution in [2.45, 2.75) is 95.6 Å². The highest BCUT2D eigenvalue weighted by atomic mass is 32.1. The molecule has 5 aromatic rings. The zero-order valence-electron chi connectivity index (χ0n) is 40.0. The lowest BCUT2D eigenvalue weighted by molar-refractivity contribution is -0.141. The van der Waals surface area contributed by atoms with Crippen molar-refractivity contribution >= 4 is 34.7 Å². The maximum Gasteiger partial charge on any atom is 0.254 e. The largest absolute Gasteiger partial charge is 0.507 e. The molecule has 4 fully saturated rings. The van der Waals surface area contributed by atoms with Crippen molar-refractivity contribution in [1.82, 2.24) is 45.3 Å². The number of piperidine rings is 1. The first-order valence-electron chi connectivity index (χ1n) is 24.7. The summed E-state index contributed by atoms with van der Waals surface area (Å²) < 4.78 is 11.9. The number of piperazine rings is 1. The van der Waals surface area contributed by atoms with Gasteiger partial charge in [0, 0.05) is 82.5 Å². The molecule has 18 heteroatoms. The summed E-state index contributed by atoms with van der Waals surface area (Å²) in [6.45, 7) is 17.1. The number of rotatable bonds is 14. The molecule has 0 radical (unpaired) electrons. The fourth-order valence-corrected chi connectivity index (χ4v) is 12.1. The van der Waals surface area contributed by atoms with Crippen LogP contribution in [0.15, 0.2) is 70.7 Å². The second-order valence-electron chi connectivity index (χ2n) is 19.9. The Labute approximate surface area is 407 Å². The predicted octanol–water partition coefficient (Wildman–Crippen LogP) is 5.38. The van der Waals surface area contributed by atoms with E-state index in [1.165, 1.54) is 11.3 Å². The molecule has 0 aliphatic carbocycles. The number of aliphatic hydroxyl groups is 1. The number of aliphatic hydroxyl groups excluding tert-OH is 1. The molecule has 3 aromatic heterocycles. The number of para-hydroxylation sites is 1. The van der Waals surface area contributed by atoms with Crippen LogP contribution in [-0.2, 0) is 9.59 Å². The fourth-order valence-electron chi connectivity index (χ4n) is 11.3. The highest BCUT2D eigenvalue weighted by molar-refractivity contribution is 7.13. The summed E-state index contributed by atoms with van der Waals surface area (Å²) in [7, 11) is 0. The summed E-state index contributed by atoms with van der Waals surface area (Å²) >= 11 is 1.60. The Hall–Kier alpha value is -5.66. The zero-order chi connectivity index (χ0) is 47.8. The van der Waals surface area contributed by atoms with Crippen LogP contribution in [0.2, 0.25) is 0 Å². The van der Waals surface area contributed by atoms with Gasteiger partial charge in [0.2, 0.25) is 11.8 Å². The lowest BCUT2D eigenvalue weighted by atomic mass is 9.91. The number of benzene rings is 2. The fraction of sp³-hybridized carbons (Fsp3) is 0.529. The average molecular weight is 960 g/mol. The van der Waals surface area contributed by atoms with Gasteiger partial charge in [0.05, 0.1) is 45.7 Å². The first kappa shape index (κ1) is 47.0. The van der Waals surface area contributed by atoms with Crippen LogP contribution in [-0.4, -0.2) is 164 Å². The maximum absolute atomic E-state index is 14.3. The summed E-state index contributed by atoms with van der Waals surface area (Å²) in [6, 6.07) is 19.5. The van der Waals surface area contributed by atoms with E-state index in [-0.39, 0.29) is 42.5 Å². The molecule has 366 valence electrons. The Morgan fingerprint density at radius 2 is 1.70 bits per heavy atom. The van der Waals surface area contributed by atoms with Crippen LogP contribution in [0.3, 0.4) is 0 Å². The van der Waals surface area contributed by atoms with E-state index in [9.17, 15) is 19.8 Å². The molecule has 4 N–H and O–H groups in total. The molecular weight excluding hydrogens is 895 g/mol. The number of fused-ring (bicyclic) bond motifs is 3. The molecule has 2 aromatic carbocycles. The maximum atomic E-state index is 14.3. The number of aromatic nitrogens is 4. The highest BCUT2D eigenvalue weighted by Gasteiger charge is 2.44. The van der Waals surface area contributed by atoms with Gasteiger partial charge in [0.25, 0.3) is 5.88 Å². The summed E-state index contributed by atoms with van der Waals surface area (Å²) in [5.74, 6) is 0.300. The molecule has 5 aliphatic heterocycles. The average Bonchev–Trinajstić information content (AvgIpc) is 4.20. The number of likely N-dealkylation sites (tertiary alicyclic amines) is 3. The number of carbonyl (C=O) groups is 2. The van der Waals surface area contributed by atoms with E-state index >= 15 is 0 Å². The van der Waals surface area contributed by atoms with E-state index in [1.54, 1.807) is 23.5 Å². The van der Waals surface area contributed by atoms with Crippen molar-refractivity contribution in [3.63, 3.8) is 0 Å². The molecule has 10 rings (SSSR count). The van der Waals surface area contributed by atoms with Crippen LogP contribution in [0.25, 0.3) is 21.7 Å². The topological polar surface area (TPSA) is 189 Å². The molecule has 69 heavy (non-hydrogen) atoms. The quantitative estimate of drug-likeness (QED) is 0.111. The van der Waals surface area contributed by atoms with Gasteiger partial charge in [-0.25, -0.2) is 4.98 Å². The smallest absolute Gasteiger partial charge is 0.254 e. The molecule has 0 saturated carbocycles. The molecule has 0 spiro atoms. The van der Waals surface area contributed by atoms with E-state index in [1.807, 2.05) is 75.7 Å². The lowest BCUT2D eigenvalue weighted by Crippen LogP contribution is -2.60. The van der Waals surface area contributed by atoms with E-state index in [4.69, 9.17) is 9.26 Å². The van der Waals surface area contributed by atoms with Crippen molar-refractivity contribution in [3.8, 4) is 33.3 Å². The third-order valence-electron chi connectivity index (χ3n) is 15.1. The molecule has 6 atom stereocenters. The van der Waals surface area contributed by atoms with Crippen LogP contribution in [0.1, 0.15) is 75.4 Å². The minimum Gasteiger partial charge on any atom is -0.507 e. The van der Waals surface area contributed by atoms with Crippen LogP contribution in [0.5, 0.6) is 11.6 Å². The molecule has 0 bridgehead atoms. The molecule has 5 aliphatic rings. The number of β-amino-alcohol motifs (C(OH)–C–C–N with tert-alkyl or cyclic N) is 1. The van der Waals surface area contributed by atoms with Crippen molar-refractivity contribution in [1.29, 1.82) is 0 Å². The van der Waals surface area contributed by atoms with Crippen molar-refractivity contribution in [2.75, 3.05) is 82.3 Å². The van der Waals surface area contributed by atoms with E-state index in [0.717, 1.165) is 105 Å². The Morgan fingerprint density at radius 1 is 0.928 bits per heavy atom. The standard InChI is InChI=1S/C51H65N11O6S/c1-31(2)47(51(66)62-29-39(63)23-43(62)50(65)54-32(3)34-9-11-35(12-10-34)48-33(4)53-30-69-48)45-25-46(57-68-45)67-22-21-58-16-13-36(14-17-58)59-18-15-37(27-59)60-19-20-61-38(28-60)26-52-49-42(61)24-41(55-56-49)40-7-5-6-8-44(40)64/h5-12,24-25,30-32,36-39,43,47,63-64H,13-23,26-29H2,1-4H3,(H,52,56)(H,54,65)/t32-,37-,38-,39+,43-,47+/m0/s1. The van der Waals surface area contributed by atoms with Crippen LogP contribution in [0.4, 0.5) is 11.5 Å². The summed E-state index contributed by atoms with van der Waals surface area (Å²) in [5.41, 5.74) is 7.28. The van der Waals surface area contributed by atoms with Gasteiger partial charge in [-0.1, -0.05) is 50.2 Å². The van der Waals surface area contributed by atoms with Crippen LogP contribution in [0, 0.1) is 12.8 Å². The number of phenols is 1. The number of aromatic hydroxyl groups is 1. The van der Waals surface area contributed by atoms with Crippen LogP contribution >= 0.6 is 11.3 Å². The van der Waals surface area contributed by atoms with E-state index in [0.29, 0.717) is 47.6 Å². The summed E-state index contributed by atoms with van der Waals surface area (Å²) in [4.78, 5) is 45.3. The zero-order valence-corrected chi connectivity index (χ0v) is 40.9. The second kappa shape index (κ2) is 20.4. The van der Waals surface area contributed by atoms with Gasteiger partial charge < -0.3 is 39.9 Å². The first-order valence-corrected chi connectivity index (χ1v) is 25.6. The number of anilines is 2. The number of hydrogen-bond acceptors (Lipinski definition) is 16. The number of thiazole rings is 1. The van der Waals surface area contributed by atoms with Crippen molar-refractivity contribution in [3.05, 3.63) is 83.2 Å². The van der Waals surface area contributed by atoms with Gasteiger partial charge in [0.1, 0.15) is 24.3 Å². The second-order valence-corrected chi connectivity index (χ2v) is 20.7. The molecule has 17 nitrogen and oxygen atoms in total. The summed E-state index contributed by atoms with van der Waals surface area (Å²) in [6.07, 6.45) is 2.79. The van der Waals surface area contributed by atoms with Gasteiger partial charge >= 0.3 is 0 Å². The molecule has 0 unspecified atom stereocenters. The molecule has 2 amide bonds. The van der Waals surface area contributed by atoms with Gasteiger partial charge in [-0.2, -0.15) is 0 Å². The number of aryl methyl sites for hydroxylation is 1. The highest BCUT2D eigenvalue weighted by Crippen LogP contribution is 2.38. The number of carbonyl (C=O) groups excluding carboxylic acids is 2. The third kappa shape index (κ3) is 10.0. The predicted molar refractivity (Wildman–Crippen MR) is 264 cm³/mol. The Bertz CT molecular complexity index is 2580. The molecule has 8 heterocycles. The Balaban J connectivity index is 0.668. The van der Waals surface area contributed by atoms with E-state index < -0.39 is 18.1 Å². The van der Waals surface area contributed by atoms with Crippen molar-refractivity contribution in [2.24, 2.45) is 5.92 Å². The van der Waals surface area contributed by atoms with E-state index in [2.05, 4.69) is 56.6 Å². The number of phenolic OH excluding ortho intramolecular Hbond substituents is 1. The minimum absolute atomic E-state index is 0.0666. The lowest BCUT2D eigenvalue weighted by Gasteiger charge is -2.47. The number of nitrogens with one attached hydrogen (secondary N) is 2. The van der Waals surface area contributed by atoms with Gasteiger partial charge in [0.15, 0.2) is 11.6 Å². The van der Waals surface area contributed by atoms with Gasteiger partial charge in [-0.15, -0.1) is 21.5 Å². The normalized spacial score (nSPS) is 23.4. The van der Waals surface area contributed by atoms with Gasteiger partial charge in [-0.3, -0.25) is 24.3 Å². The number of hydrogen-bond donors (Lipinski definition) is 4. The number of amides is 2. The number of nitrogens with zero attached hydrogens (tertiary/aromatic N) is 9. The SMILES string of the molecule is Cc1ncsc1-c1ccc([C@H](C)NC(=O)[C@@H]2C[C@@H](O)CN2C(=O)[C@@H](c2cc(OCCN3CCC(N4CC[C@H](N5CCN6c7cc(-c8ccccc8O)nnc7NC[C@H]6C5)C4)CC3)no2)C(C)C)cc1. The van der Waals surface area contributed by atoms with Gasteiger partial charge in [-0.05, 0) is 86.6 Å². The Morgan fingerprint density at radius 3 is 2.46 bits per heavy atom.